The van der Waals surface area contributed by atoms with Crippen LogP contribution in [0.3, 0.4) is 0 Å². The van der Waals surface area contributed by atoms with E-state index in [1.807, 2.05) is 0 Å². The van der Waals surface area contributed by atoms with Crippen LogP contribution < -0.4 is 0 Å². The topological polar surface area (TPSA) is 33.2 Å². The lowest BCUT2D eigenvalue weighted by molar-refractivity contribution is -0.143. The molecule has 0 aliphatic heterocycles. The maximum Gasteiger partial charge on any atom is 0.406 e. The number of amides is 1. The fourth-order valence-electron chi connectivity index (χ4n) is 1.37. The molecule has 1 heterocycles. The van der Waals surface area contributed by atoms with Crippen molar-refractivity contribution in [3.63, 3.8) is 0 Å². The van der Waals surface area contributed by atoms with Gasteiger partial charge >= 0.3 is 6.18 Å². The van der Waals surface area contributed by atoms with E-state index in [0.29, 0.717) is 4.90 Å². The highest BCUT2D eigenvalue weighted by atomic mass is 35.5. The monoisotopic (exact) mass is 280 g/mol. The van der Waals surface area contributed by atoms with Crippen LogP contribution in [0, 0.1) is 0 Å². The van der Waals surface area contributed by atoms with Crippen LogP contribution in [0.25, 0.3) is 0 Å². The van der Waals surface area contributed by atoms with Crippen LogP contribution in [0.5, 0.6) is 0 Å². The number of carbonyl (C=O) groups is 1. The third-order valence-corrected chi connectivity index (χ3v) is 2.56. The number of carbonyl (C=O) groups excluding carboxylic acids is 1. The third kappa shape index (κ3) is 3.87. The van der Waals surface area contributed by atoms with E-state index in [4.69, 9.17) is 11.6 Å². The smallest absolute Gasteiger partial charge is 0.327 e. The van der Waals surface area contributed by atoms with Crippen molar-refractivity contribution < 1.29 is 18.0 Å². The van der Waals surface area contributed by atoms with Crippen molar-refractivity contribution in [3.8, 4) is 0 Å². The predicted octanol–water partition coefficient (Wildman–Crippen LogP) is 3.15. The van der Waals surface area contributed by atoms with E-state index in [2.05, 4.69) is 4.98 Å². The summed E-state index contributed by atoms with van der Waals surface area (Å²) in [5.41, 5.74) is -0.0304. The SMILES string of the molecule is CC(C)N(CC(F)(F)F)C(=O)c1cnccc1Cl. The fraction of sp³-hybridized carbons (Fsp3) is 0.455. The minimum absolute atomic E-state index is 0.0304. The molecule has 0 bridgehead atoms. The van der Waals surface area contributed by atoms with Gasteiger partial charge in [-0.25, -0.2) is 0 Å². The Hall–Kier alpha value is -1.30. The number of nitrogens with zero attached hydrogens (tertiary/aromatic N) is 2. The van der Waals surface area contributed by atoms with Gasteiger partial charge in [0.2, 0.25) is 0 Å². The summed E-state index contributed by atoms with van der Waals surface area (Å²) in [6.45, 7) is 1.70. The summed E-state index contributed by atoms with van der Waals surface area (Å²) in [5.74, 6) is -0.777. The lowest BCUT2D eigenvalue weighted by Gasteiger charge is -2.27. The van der Waals surface area contributed by atoms with Crippen LogP contribution in [-0.4, -0.2) is 34.6 Å². The van der Waals surface area contributed by atoms with Gasteiger partial charge in [-0.05, 0) is 19.9 Å². The molecule has 0 spiro atoms. The van der Waals surface area contributed by atoms with Gasteiger partial charge in [0.25, 0.3) is 5.91 Å². The molecule has 0 radical (unpaired) electrons. The zero-order chi connectivity index (χ0) is 13.9. The van der Waals surface area contributed by atoms with Gasteiger partial charge in [0.05, 0.1) is 10.6 Å². The molecule has 1 aromatic rings. The molecule has 3 nitrogen and oxygen atoms in total. The number of aromatic nitrogens is 1. The van der Waals surface area contributed by atoms with Gasteiger partial charge in [0.1, 0.15) is 6.54 Å². The molecule has 1 rings (SSSR count). The molecule has 0 saturated heterocycles. The second-order valence-corrected chi connectivity index (χ2v) is 4.40. The Bertz CT molecular complexity index is 435. The van der Waals surface area contributed by atoms with Gasteiger partial charge < -0.3 is 4.90 Å². The second kappa shape index (κ2) is 5.56. The van der Waals surface area contributed by atoms with Crippen LogP contribution in [0.15, 0.2) is 18.5 Å². The molecule has 0 aliphatic rings. The summed E-state index contributed by atoms with van der Waals surface area (Å²) < 4.78 is 37.2. The Morgan fingerprint density at radius 1 is 1.50 bits per heavy atom. The number of alkyl halides is 3. The molecule has 0 unspecified atom stereocenters. The minimum atomic E-state index is -4.45. The lowest BCUT2D eigenvalue weighted by Crippen LogP contribution is -2.43. The van der Waals surface area contributed by atoms with Crippen molar-refractivity contribution in [2.45, 2.75) is 26.1 Å². The van der Waals surface area contributed by atoms with E-state index in [9.17, 15) is 18.0 Å². The molecule has 0 N–H and O–H groups in total. The maximum absolute atomic E-state index is 12.4. The van der Waals surface area contributed by atoms with Crippen LogP contribution in [0.4, 0.5) is 13.2 Å². The van der Waals surface area contributed by atoms with E-state index < -0.39 is 24.7 Å². The first-order chi connectivity index (χ1) is 8.22. The fourth-order valence-corrected chi connectivity index (χ4v) is 1.56. The standard InChI is InChI=1S/C11H12ClF3N2O/c1-7(2)17(6-11(13,14)15)10(18)8-5-16-4-3-9(8)12/h3-5,7H,6H2,1-2H3. The second-order valence-electron chi connectivity index (χ2n) is 4.00. The van der Waals surface area contributed by atoms with Crippen molar-refractivity contribution in [1.29, 1.82) is 0 Å². The van der Waals surface area contributed by atoms with Gasteiger partial charge in [0.15, 0.2) is 0 Å². The summed E-state index contributed by atoms with van der Waals surface area (Å²) in [6, 6.07) is 0.774. The number of pyridine rings is 1. The van der Waals surface area contributed by atoms with Crippen LogP contribution in [-0.2, 0) is 0 Å². The molecule has 100 valence electrons. The van der Waals surface area contributed by atoms with Crippen LogP contribution in [0.2, 0.25) is 5.02 Å². The minimum Gasteiger partial charge on any atom is -0.327 e. The van der Waals surface area contributed by atoms with E-state index in [0.717, 1.165) is 6.20 Å². The number of hydrogen-bond acceptors (Lipinski definition) is 2. The number of hydrogen-bond donors (Lipinski definition) is 0. The molecule has 0 aliphatic carbocycles. The Kier molecular flexibility index (Phi) is 4.56. The van der Waals surface area contributed by atoms with Crippen molar-refractivity contribution >= 4 is 17.5 Å². The lowest BCUT2D eigenvalue weighted by atomic mass is 10.2. The molecule has 1 aromatic heterocycles. The first-order valence-electron chi connectivity index (χ1n) is 5.19. The summed E-state index contributed by atoms with van der Waals surface area (Å²) in [6.07, 6.45) is -1.92. The summed E-state index contributed by atoms with van der Waals surface area (Å²) in [7, 11) is 0. The Labute approximate surface area is 108 Å². The molecule has 7 heteroatoms. The summed E-state index contributed by atoms with van der Waals surface area (Å²) in [4.78, 5) is 16.4. The molecule has 0 aromatic carbocycles. The van der Waals surface area contributed by atoms with Gasteiger partial charge in [-0.1, -0.05) is 11.6 Å². The molecular formula is C11H12ClF3N2O. The van der Waals surface area contributed by atoms with Crippen molar-refractivity contribution in [1.82, 2.24) is 9.88 Å². The maximum atomic E-state index is 12.4. The largest absolute Gasteiger partial charge is 0.406 e. The highest BCUT2D eigenvalue weighted by Crippen LogP contribution is 2.22. The summed E-state index contributed by atoms with van der Waals surface area (Å²) >= 11 is 5.77. The molecule has 0 atom stereocenters. The number of rotatable bonds is 3. The van der Waals surface area contributed by atoms with E-state index in [1.54, 1.807) is 0 Å². The van der Waals surface area contributed by atoms with Crippen LogP contribution in [0.1, 0.15) is 24.2 Å². The first kappa shape index (κ1) is 14.8. The molecular weight excluding hydrogens is 269 g/mol. The van der Waals surface area contributed by atoms with Gasteiger partial charge in [-0.3, -0.25) is 9.78 Å². The normalized spacial score (nSPS) is 11.7. The molecule has 0 saturated carbocycles. The average Bonchev–Trinajstić information content (AvgIpc) is 2.24. The number of halogens is 4. The average molecular weight is 281 g/mol. The van der Waals surface area contributed by atoms with Gasteiger partial charge in [-0.15, -0.1) is 0 Å². The predicted molar refractivity (Wildman–Crippen MR) is 61.5 cm³/mol. The van der Waals surface area contributed by atoms with E-state index >= 15 is 0 Å². The van der Waals surface area contributed by atoms with Gasteiger partial charge in [0, 0.05) is 18.4 Å². The first-order valence-corrected chi connectivity index (χ1v) is 5.57. The highest BCUT2D eigenvalue weighted by molar-refractivity contribution is 6.33. The highest BCUT2D eigenvalue weighted by Gasteiger charge is 2.35. The Morgan fingerprint density at radius 2 is 2.11 bits per heavy atom. The van der Waals surface area contributed by atoms with Crippen molar-refractivity contribution in [2.24, 2.45) is 0 Å². The molecule has 1 amide bonds. The van der Waals surface area contributed by atoms with Gasteiger partial charge in [-0.2, -0.15) is 13.2 Å². The van der Waals surface area contributed by atoms with Crippen LogP contribution >= 0.6 is 11.6 Å². The van der Waals surface area contributed by atoms with Crippen molar-refractivity contribution in [3.05, 3.63) is 29.0 Å². The third-order valence-electron chi connectivity index (χ3n) is 2.23. The zero-order valence-corrected chi connectivity index (χ0v) is 10.6. The molecule has 18 heavy (non-hydrogen) atoms. The Balaban J connectivity index is 3.01. The van der Waals surface area contributed by atoms with E-state index in [-0.39, 0.29) is 10.6 Å². The van der Waals surface area contributed by atoms with Crippen molar-refractivity contribution in [2.75, 3.05) is 6.54 Å². The van der Waals surface area contributed by atoms with E-state index in [1.165, 1.54) is 26.1 Å². The molecule has 0 fully saturated rings. The summed E-state index contributed by atoms with van der Waals surface area (Å²) in [5, 5.41) is 0.0859. The quantitative estimate of drug-likeness (QED) is 0.852. The zero-order valence-electron chi connectivity index (χ0n) is 9.83. The Morgan fingerprint density at radius 3 is 2.56 bits per heavy atom.